The quantitative estimate of drug-likeness (QED) is 0.604. The summed E-state index contributed by atoms with van der Waals surface area (Å²) in [5, 5.41) is 2.90. The SMILES string of the molecule is O=C(Nc1ccc(N2CCCCCC2)cc1)c1ccc(COc2ccccc2)o1. The lowest BCUT2D eigenvalue weighted by Gasteiger charge is -2.22. The van der Waals surface area contributed by atoms with E-state index in [1.165, 1.54) is 31.4 Å². The zero-order valence-electron chi connectivity index (χ0n) is 16.5. The summed E-state index contributed by atoms with van der Waals surface area (Å²) in [5.74, 6) is 1.38. The lowest BCUT2D eigenvalue weighted by molar-refractivity contribution is 0.0992. The van der Waals surface area contributed by atoms with Crippen LogP contribution in [0.25, 0.3) is 0 Å². The average molecular weight is 390 g/mol. The van der Waals surface area contributed by atoms with Gasteiger partial charge in [-0.05, 0) is 61.4 Å². The van der Waals surface area contributed by atoms with Gasteiger partial charge in [-0.1, -0.05) is 31.0 Å². The first-order valence-corrected chi connectivity index (χ1v) is 10.2. The number of hydrogen-bond donors (Lipinski definition) is 1. The number of nitrogens with one attached hydrogen (secondary N) is 1. The summed E-state index contributed by atoms with van der Waals surface area (Å²) in [5.41, 5.74) is 1.97. The molecule has 150 valence electrons. The number of para-hydroxylation sites is 1. The van der Waals surface area contributed by atoms with Crippen molar-refractivity contribution in [1.82, 2.24) is 0 Å². The molecule has 0 spiro atoms. The summed E-state index contributed by atoms with van der Waals surface area (Å²) in [7, 11) is 0. The van der Waals surface area contributed by atoms with E-state index in [9.17, 15) is 4.79 Å². The number of carbonyl (C=O) groups excluding carboxylic acids is 1. The van der Waals surface area contributed by atoms with Crippen LogP contribution in [0.3, 0.4) is 0 Å². The fourth-order valence-electron chi connectivity index (χ4n) is 3.53. The topological polar surface area (TPSA) is 54.7 Å². The van der Waals surface area contributed by atoms with Gasteiger partial charge in [-0.15, -0.1) is 0 Å². The predicted octanol–water partition coefficient (Wildman–Crippen LogP) is 5.49. The Labute approximate surface area is 171 Å². The van der Waals surface area contributed by atoms with Crippen LogP contribution in [0.2, 0.25) is 0 Å². The number of nitrogens with zero attached hydrogens (tertiary/aromatic N) is 1. The molecule has 1 aliphatic rings. The highest BCUT2D eigenvalue weighted by atomic mass is 16.5. The third kappa shape index (κ3) is 5.19. The van der Waals surface area contributed by atoms with Crippen molar-refractivity contribution >= 4 is 17.3 Å². The summed E-state index contributed by atoms with van der Waals surface area (Å²) < 4.78 is 11.3. The number of amides is 1. The fraction of sp³-hybridized carbons (Fsp3) is 0.292. The van der Waals surface area contributed by atoms with Gasteiger partial charge in [0, 0.05) is 24.5 Å². The van der Waals surface area contributed by atoms with E-state index < -0.39 is 0 Å². The Kier molecular flexibility index (Phi) is 6.15. The second kappa shape index (κ2) is 9.32. The van der Waals surface area contributed by atoms with Crippen molar-refractivity contribution in [3.63, 3.8) is 0 Å². The van der Waals surface area contributed by atoms with Crippen LogP contribution in [0.1, 0.15) is 42.0 Å². The van der Waals surface area contributed by atoms with E-state index in [0.29, 0.717) is 5.76 Å². The molecule has 0 radical (unpaired) electrons. The van der Waals surface area contributed by atoms with Crippen LogP contribution in [-0.4, -0.2) is 19.0 Å². The Hall–Kier alpha value is -3.21. The molecule has 5 nitrogen and oxygen atoms in total. The van der Waals surface area contributed by atoms with E-state index in [4.69, 9.17) is 9.15 Å². The van der Waals surface area contributed by atoms with Gasteiger partial charge in [0.2, 0.25) is 0 Å². The Morgan fingerprint density at radius 1 is 0.897 bits per heavy atom. The summed E-state index contributed by atoms with van der Waals surface area (Å²) in [6, 6.07) is 21.0. The molecule has 1 fully saturated rings. The highest BCUT2D eigenvalue weighted by Crippen LogP contribution is 2.22. The van der Waals surface area contributed by atoms with Crippen LogP contribution >= 0.6 is 0 Å². The van der Waals surface area contributed by atoms with Gasteiger partial charge in [0.15, 0.2) is 5.76 Å². The molecule has 0 saturated carbocycles. The van der Waals surface area contributed by atoms with Gasteiger partial charge in [-0.25, -0.2) is 0 Å². The largest absolute Gasteiger partial charge is 0.486 e. The van der Waals surface area contributed by atoms with Gasteiger partial charge in [0.1, 0.15) is 18.1 Å². The van der Waals surface area contributed by atoms with Crippen molar-refractivity contribution < 1.29 is 13.9 Å². The molecule has 29 heavy (non-hydrogen) atoms. The van der Waals surface area contributed by atoms with Gasteiger partial charge in [0.05, 0.1) is 0 Å². The lowest BCUT2D eigenvalue weighted by atomic mass is 10.2. The number of hydrogen-bond acceptors (Lipinski definition) is 4. The minimum atomic E-state index is -0.265. The van der Waals surface area contributed by atoms with Crippen molar-refractivity contribution in [2.45, 2.75) is 32.3 Å². The minimum Gasteiger partial charge on any atom is -0.486 e. The summed E-state index contributed by atoms with van der Waals surface area (Å²) in [6.07, 6.45) is 5.11. The van der Waals surface area contributed by atoms with E-state index >= 15 is 0 Å². The maximum Gasteiger partial charge on any atom is 0.291 e. The normalized spacial score (nSPS) is 14.3. The first-order valence-electron chi connectivity index (χ1n) is 10.2. The second-order valence-corrected chi connectivity index (χ2v) is 7.27. The van der Waals surface area contributed by atoms with Crippen LogP contribution < -0.4 is 15.0 Å². The molecule has 3 aromatic rings. The van der Waals surface area contributed by atoms with E-state index in [0.717, 1.165) is 24.5 Å². The van der Waals surface area contributed by atoms with Gasteiger partial charge in [0.25, 0.3) is 5.91 Å². The Balaban J connectivity index is 1.32. The van der Waals surface area contributed by atoms with Crippen molar-refractivity contribution in [2.24, 2.45) is 0 Å². The van der Waals surface area contributed by atoms with Gasteiger partial charge >= 0.3 is 0 Å². The zero-order chi connectivity index (χ0) is 19.9. The Morgan fingerprint density at radius 2 is 1.62 bits per heavy atom. The second-order valence-electron chi connectivity index (χ2n) is 7.27. The molecule has 5 heteroatoms. The highest BCUT2D eigenvalue weighted by molar-refractivity contribution is 6.02. The van der Waals surface area contributed by atoms with Gasteiger partial charge < -0.3 is 19.4 Å². The molecule has 1 aromatic heterocycles. The lowest BCUT2D eigenvalue weighted by Crippen LogP contribution is -2.23. The highest BCUT2D eigenvalue weighted by Gasteiger charge is 2.13. The number of benzene rings is 2. The molecule has 0 bridgehead atoms. The van der Waals surface area contributed by atoms with Gasteiger partial charge in [-0.2, -0.15) is 0 Å². The third-order valence-corrected chi connectivity index (χ3v) is 5.11. The van der Waals surface area contributed by atoms with E-state index in [1.54, 1.807) is 12.1 Å². The van der Waals surface area contributed by atoms with Crippen LogP contribution in [0, 0.1) is 0 Å². The number of carbonyl (C=O) groups is 1. The van der Waals surface area contributed by atoms with Gasteiger partial charge in [-0.3, -0.25) is 4.79 Å². The molecule has 0 aliphatic carbocycles. The molecule has 2 heterocycles. The van der Waals surface area contributed by atoms with Crippen molar-refractivity contribution in [3.05, 3.63) is 78.3 Å². The molecule has 4 rings (SSSR count). The zero-order valence-corrected chi connectivity index (χ0v) is 16.5. The summed E-state index contributed by atoms with van der Waals surface area (Å²) in [4.78, 5) is 14.9. The number of anilines is 2. The standard InChI is InChI=1S/C24H26N2O3/c27-24(23-15-14-22(29-23)18-28-21-8-4-3-5-9-21)25-19-10-12-20(13-11-19)26-16-6-1-2-7-17-26/h3-5,8-15H,1-2,6-7,16-18H2,(H,25,27). The van der Waals surface area contributed by atoms with Crippen LogP contribution in [0.15, 0.2) is 71.1 Å². The van der Waals surface area contributed by atoms with Crippen molar-refractivity contribution in [3.8, 4) is 5.75 Å². The monoisotopic (exact) mass is 390 g/mol. The van der Waals surface area contributed by atoms with Crippen LogP contribution in [0.4, 0.5) is 11.4 Å². The summed E-state index contributed by atoms with van der Waals surface area (Å²) in [6.45, 7) is 2.49. The third-order valence-electron chi connectivity index (χ3n) is 5.11. The molecule has 0 unspecified atom stereocenters. The molecule has 1 N–H and O–H groups in total. The number of furan rings is 1. The number of rotatable bonds is 6. The smallest absolute Gasteiger partial charge is 0.291 e. The molecule has 1 aliphatic heterocycles. The van der Waals surface area contributed by atoms with Crippen molar-refractivity contribution in [1.29, 1.82) is 0 Å². The summed E-state index contributed by atoms with van der Waals surface area (Å²) >= 11 is 0. The van der Waals surface area contributed by atoms with Crippen LogP contribution in [0.5, 0.6) is 5.75 Å². The van der Waals surface area contributed by atoms with Crippen molar-refractivity contribution in [2.75, 3.05) is 23.3 Å². The maximum atomic E-state index is 12.5. The molecule has 0 atom stereocenters. The first kappa shape index (κ1) is 19.1. The molecule has 2 aromatic carbocycles. The van der Waals surface area contributed by atoms with Crippen LogP contribution in [-0.2, 0) is 6.61 Å². The van der Waals surface area contributed by atoms with E-state index in [2.05, 4.69) is 22.3 Å². The molecule has 1 saturated heterocycles. The maximum absolute atomic E-state index is 12.5. The first-order chi connectivity index (χ1) is 14.3. The minimum absolute atomic E-state index is 0.265. The Morgan fingerprint density at radius 3 is 2.34 bits per heavy atom. The molecule has 1 amide bonds. The predicted molar refractivity (Wildman–Crippen MR) is 115 cm³/mol. The molecular formula is C24H26N2O3. The fourth-order valence-corrected chi connectivity index (χ4v) is 3.53. The van der Waals surface area contributed by atoms with E-state index in [1.807, 2.05) is 42.5 Å². The Bertz CT molecular complexity index is 911. The van der Waals surface area contributed by atoms with E-state index in [-0.39, 0.29) is 18.3 Å². The number of ether oxygens (including phenoxy) is 1. The molecular weight excluding hydrogens is 364 g/mol. The average Bonchev–Trinajstić information content (AvgIpc) is 3.07.